The average molecular weight is 545 g/mol. The Balaban J connectivity index is 0.000000735. The van der Waals surface area contributed by atoms with Crippen molar-refractivity contribution in [2.45, 2.75) is 77.9 Å². The normalized spacial score (nSPS) is 15.9. The van der Waals surface area contributed by atoms with Gasteiger partial charge >= 0.3 is 12.2 Å². The van der Waals surface area contributed by atoms with Crippen LogP contribution in [0.2, 0.25) is 0 Å². The van der Waals surface area contributed by atoms with E-state index in [1.54, 1.807) is 27.8 Å². The molecule has 1 aliphatic rings. The van der Waals surface area contributed by atoms with Crippen LogP contribution in [-0.2, 0) is 28.7 Å². The van der Waals surface area contributed by atoms with E-state index in [1.165, 1.54) is 7.05 Å². The highest BCUT2D eigenvalue weighted by Crippen LogP contribution is 2.16. The molecule has 0 spiro atoms. The van der Waals surface area contributed by atoms with E-state index in [-0.39, 0.29) is 36.7 Å². The molecular formula is C24H44N6O8. The Hall–Kier alpha value is -3.42. The van der Waals surface area contributed by atoms with E-state index in [9.17, 15) is 28.8 Å². The number of carbonyl (C=O) groups excluding carboxylic acids is 6. The fourth-order valence-corrected chi connectivity index (χ4v) is 3.40. The standard InChI is InChI=1S/C13H25N3O5.C11H19N3O3/c1-4-20-12(18)15-9-7-6-8-10(11(17)14-3)16-13(19)21-5-2;1-4-5-13-10(16)7(2)14-9(15)6-8(12-3)11(14)17/h10H,4-9H2,1-3H3,(H,14,17)(H,15,18)(H,16,19);7-8,12H,4-6H2,1-3H3,(H,13,16). The Morgan fingerprint density at radius 3 is 2.08 bits per heavy atom. The zero-order chi connectivity index (χ0) is 29.1. The number of unbranched alkanes of at least 4 members (excludes halogenated alkanes) is 1. The molecule has 218 valence electrons. The molecule has 3 atom stereocenters. The third kappa shape index (κ3) is 12.7. The van der Waals surface area contributed by atoms with Crippen LogP contribution in [-0.4, -0.2) is 99.2 Å². The van der Waals surface area contributed by atoms with Gasteiger partial charge in [-0.1, -0.05) is 6.92 Å². The third-order valence-electron chi connectivity index (χ3n) is 5.44. The predicted molar refractivity (Wildman–Crippen MR) is 139 cm³/mol. The number of hydrogen-bond acceptors (Lipinski definition) is 9. The molecule has 1 saturated heterocycles. The van der Waals surface area contributed by atoms with Gasteiger partial charge in [0.05, 0.1) is 25.7 Å². The average Bonchev–Trinajstić information content (AvgIpc) is 3.18. The van der Waals surface area contributed by atoms with Crippen molar-refractivity contribution in [2.24, 2.45) is 0 Å². The molecule has 0 aromatic rings. The molecule has 0 bridgehead atoms. The van der Waals surface area contributed by atoms with Crippen molar-refractivity contribution in [3.63, 3.8) is 0 Å². The fourth-order valence-electron chi connectivity index (χ4n) is 3.40. The molecule has 0 radical (unpaired) electrons. The van der Waals surface area contributed by atoms with E-state index in [0.717, 1.165) is 11.3 Å². The maximum atomic E-state index is 11.8. The van der Waals surface area contributed by atoms with Crippen LogP contribution in [0, 0.1) is 0 Å². The van der Waals surface area contributed by atoms with Crippen LogP contribution in [0.3, 0.4) is 0 Å². The van der Waals surface area contributed by atoms with Gasteiger partial charge in [0.2, 0.25) is 23.6 Å². The molecule has 0 aliphatic carbocycles. The van der Waals surface area contributed by atoms with Crippen molar-refractivity contribution in [3.05, 3.63) is 0 Å². The van der Waals surface area contributed by atoms with Crippen LogP contribution in [0.15, 0.2) is 0 Å². The van der Waals surface area contributed by atoms with Gasteiger partial charge in [-0.2, -0.15) is 0 Å². The lowest BCUT2D eigenvalue weighted by Gasteiger charge is -2.22. The molecule has 3 unspecified atom stereocenters. The van der Waals surface area contributed by atoms with Crippen molar-refractivity contribution < 1.29 is 38.2 Å². The minimum Gasteiger partial charge on any atom is -0.450 e. The third-order valence-corrected chi connectivity index (χ3v) is 5.44. The summed E-state index contributed by atoms with van der Waals surface area (Å²) in [6.45, 7) is 8.51. The minimum absolute atomic E-state index is 0.126. The van der Waals surface area contributed by atoms with Gasteiger partial charge in [-0.15, -0.1) is 0 Å². The highest BCUT2D eigenvalue weighted by molar-refractivity contribution is 6.08. The molecule has 1 fully saturated rings. The van der Waals surface area contributed by atoms with Crippen LogP contribution in [0.25, 0.3) is 0 Å². The van der Waals surface area contributed by atoms with Gasteiger partial charge in [-0.3, -0.25) is 24.1 Å². The Labute approximate surface area is 224 Å². The van der Waals surface area contributed by atoms with Crippen LogP contribution < -0.4 is 26.6 Å². The van der Waals surface area contributed by atoms with E-state index in [0.29, 0.717) is 39.0 Å². The van der Waals surface area contributed by atoms with Crippen molar-refractivity contribution in [1.29, 1.82) is 0 Å². The highest BCUT2D eigenvalue weighted by atomic mass is 16.6. The van der Waals surface area contributed by atoms with Gasteiger partial charge in [0, 0.05) is 20.1 Å². The first-order chi connectivity index (χ1) is 18.1. The van der Waals surface area contributed by atoms with E-state index in [1.807, 2.05) is 6.92 Å². The van der Waals surface area contributed by atoms with Gasteiger partial charge in [0.15, 0.2) is 0 Å². The Kier molecular flexibility index (Phi) is 17.9. The van der Waals surface area contributed by atoms with Gasteiger partial charge in [0.1, 0.15) is 12.1 Å². The second-order valence-electron chi connectivity index (χ2n) is 8.29. The first-order valence-corrected chi connectivity index (χ1v) is 12.9. The number of carbonyl (C=O) groups is 6. The first-order valence-electron chi connectivity index (χ1n) is 12.9. The number of likely N-dealkylation sites (tertiary alicyclic amines) is 1. The van der Waals surface area contributed by atoms with Gasteiger partial charge in [-0.25, -0.2) is 9.59 Å². The summed E-state index contributed by atoms with van der Waals surface area (Å²) >= 11 is 0. The van der Waals surface area contributed by atoms with Gasteiger partial charge < -0.3 is 36.1 Å². The Bertz CT molecular complexity index is 794. The molecule has 5 N–H and O–H groups in total. The molecule has 1 aliphatic heterocycles. The van der Waals surface area contributed by atoms with Crippen LogP contribution in [0.4, 0.5) is 9.59 Å². The molecule has 6 amide bonds. The zero-order valence-electron chi connectivity index (χ0n) is 23.3. The smallest absolute Gasteiger partial charge is 0.407 e. The summed E-state index contributed by atoms with van der Waals surface area (Å²) in [5, 5.41) is 13.0. The summed E-state index contributed by atoms with van der Waals surface area (Å²) in [5.41, 5.74) is 0. The summed E-state index contributed by atoms with van der Waals surface area (Å²) in [4.78, 5) is 70.2. The zero-order valence-corrected chi connectivity index (χ0v) is 23.3. The Morgan fingerprint density at radius 2 is 1.55 bits per heavy atom. The van der Waals surface area contributed by atoms with E-state index in [2.05, 4.69) is 26.6 Å². The van der Waals surface area contributed by atoms with Crippen molar-refractivity contribution in [3.8, 4) is 0 Å². The summed E-state index contributed by atoms with van der Waals surface area (Å²) in [7, 11) is 3.13. The molecule has 1 heterocycles. The molecule has 0 aromatic heterocycles. The summed E-state index contributed by atoms with van der Waals surface area (Å²) in [5.74, 6) is -1.18. The SMILES string of the molecule is CCCNC(=O)C(C)N1C(=O)CC(NC)C1=O.CCOC(=O)NCCCCC(NC(=O)OCC)C(=O)NC. The minimum atomic E-state index is -0.736. The number of nitrogens with one attached hydrogen (secondary N) is 5. The number of nitrogens with zero attached hydrogens (tertiary/aromatic N) is 1. The fraction of sp³-hybridized carbons (Fsp3) is 0.750. The number of amides is 6. The van der Waals surface area contributed by atoms with Crippen LogP contribution >= 0.6 is 0 Å². The topological polar surface area (TPSA) is 184 Å². The van der Waals surface area contributed by atoms with Crippen molar-refractivity contribution in [2.75, 3.05) is 40.4 Å². The van der Waals surface area contributed by atoms with E-state index < -0.39 is 30.3 Å². The van der Waals surface area contributed by atoms with E-state index in [4.69, 9.17) is 9.47 Å². The number of alkyl carbamates (subject to hydrolysis) is 2. The number of ether oxygens (including phenoxy) is 2. The molecule has 0 aromatic carbocycles. The maximum absolute atomic E-state index is 11.8. The lowest BCUT2D eigenvalue weighted by Crippen LogP contribution is -2.49. The molecular weight excluding hydrogens is 500 g/mol. The molecule has 38 heavy (non-hydrogen) atoms. The lowest BCUT2D eigenvalue weighted by molar-refractivity contribution is -0.146. The second kappa shape index (κ2) is 19.7. The van der Waals surface area contributed by atoms with Crippen LogP contribution in [0.5, 0.6) is 0 Å². The molecule has 1 rings (SSSR count). The lowest BCUT2D eigenvalue weighted by atomic mass is 10.1. The number of imide groups is 1. The van der Waals surface area contributed by atoms with Gasteiger partial charge in [0.25, 0.3) is 0 Å². The molecule has 0 saturated carbocycles. The molecule has 14 heteroatoms. The summed E-state index contributed by atoms with van der Waals surface area (Å²) < 4.78 is 9.47. The first kappa shape index (κ1) is 34.6. The number of rotatable bonds is 14. The highest BCUT2D eigenvalue weighted by Gasteiger charge is 2.42. The van der Waals surface area contributed by atoms with E-state index >= 15 is 0 Å². The predicted octanol–water partition coefficient (Wildman–Crippen LogP) is 0.0115. The molecule has 14 nitrogen and oxygen atoms in total. The summed E-state index contributed by atoms with van der Waals surface area (Å²) in [6, 6.07) is -1.87. The monoisotopic (exact) mass is 544 g/mol. The summed E-state index contributed by atoms with van der Waals surface area (Å²) in [6.07, 6.45) is 1.68. The van der Waals surface area contributed by atoms with Crippen LogP contribution in [0.1, 0.15) is 59.8 Å². The number of likely N-dealkylation sites (N-methyl/N-ethyl adjacent to an activating group) is 2. The second-order valence-corrected chi connectivity index (χ2v) is 8.29. The Morgan fingerprint density at radius 1 is 0.921 bits per heavy atom. The quantitative estimate of drug-likeness (QED) is 0.148. The number of hydrogen-bond donors (Lipinski definition) is 5. The maximum Gasteiger partial charge on any atom is 0.407 e. The van der Waals surface area contributed by atoms with Crippen molar-refractivity contribution >= 4 is 35.8 Å². The largest absolute Gasteiger partial charge is 0.450 e. The van der Waals surface area contributed by atoms with Gasteiger partial charge in [-0.05, 0) is 53.5 Å². The van der Waals surface area contributed by atoms with Crippen molar-refractivity contribution in [1.82, 2.24) is 31.5 Å².